The quantitative estimate of drug-likeness (QED) is 0.937. The maximum atomic E-state index is 12.6. The summed E-state index contributed by atoms with van der Waals surface area (Å²) in [5.41, 5.74) is 3.35. The van der Waals surface area contributed by atoms with Gasteiger partial charge in [0.25, 0.3) is 5.91 Å². The van der Waals surface area contributed by atoms with Gasteiger partial charge < -0.3 is 10.2 Å². The third-order valence-corrected chi connectivity index (χ3v) is 4.59. The fourth-order valence-corrected chi connectivity index (χ4v) is 3.23. The SMILES string of the molecule is Cc1cccc(C)c1NC(=O)c1cc(N2CCCC(C)C2)ncn1. The number of hydrogen-bond donors (Lipinski definition) is 1. The van der Waals surface area contributed by atoms with Crippen molar-refractivity contribution >= 4 is 17.4 Å². The summed E-state index contributed by atoms with van der Waals surface area (Å²) in [6.45, 7) is 8.20. The Bertz CT molecular complexity index is 724. The third-order valence-electron chi connectivity index (χ3n) is 4.59. The summed E-state index contributed by atoms with van der Waals surface area (Å²) in [6, 6.07) is 7.76. The number of aromatic nitrogens is 2. The molecule has 126 valence electrons. The Labute approximate surface area is 143 Å². The maximum Gasteiger partial charge on any atom is 0.274 e. The number of carbonyl (C=O) groups is 1. The lowest BCUT2D eigenvalue weighted by molar-refractivity contribution is 0.102. The van der Waals surface area contributed by atoms with E-state index < -0.39 is 0 Å². The van der Waals surface area contributed by atoms with Crippen molar-refractivity contribution in [3.8, 4) is 0 Å². The van der Waals surface area contributed by atoms with Crippen molar-refractivity contribution in [3.63, 3.8) is 0 Å². The molecule has 1 aromatic heterocycles. The molecule has 1 fully saturated rings. The predicted molar refractivity (Wildman–Crippen MR) is 96.5 cm³/mol. The summed E-state index contributed by atoms with van der Waals surface area (Å²) in [4.78, 5) is 23.4. The highest BCUT2D eigenvalue weighted by Gasteiger charge is 2.19. The van der Waals surface area contributed by atoms with Gasteiger partial charge in [-0.3, -0.25) is 4.79 Å². The van der Waals surface area contributed by atoms with E-state index in [0.717, 1.165) is 42.1 Å². The highest BCUT2D eigenvalue weighted by molar-refractivity contribution is 6.04. The Kier molecular flexibility index (Phi) is 4.79. The molecule has 5 heteroatoms. The number of anilines is 2. The Morgan fingerprint density at radius 3 is 2.71 bits per heavy atom. The topological polar surface area (TPSA) is 58.1 Å². The van der Waals surface area contributed by atoms with Gasteiger partial charge in [0.15, 0.2) is 0 Å². The monoisotopic (exact) mass is 324 g/mol. The van der Waals surface area contributed by atoms with Crippen molar-refractivity contribution < 1.29 is 4.79 Å². The molecule has 0 saturated carbocycles. The van der Waals surface area contributed by atoms with Crippen LogP contribution in [0.15, 0.2) is 30.6 Å². The molecule has 0 spiro atoms. The van der Waals surface area contributed by atoms with Crippen LogP contribution in [0, 0.1) is 19.8 Å². The largest absolute Gasteiger partial charge is 0.356 e. The predicted octanol–water partition coefficient (Wildman–Crippen LogP) is 3.58. The minimum atomic E-state index is -0.193. The number of rotatable bonds is 3. The van der Waals surface area contributed by atoms with Gasteiger partial charge in [-0.05, 0) is 43.7 Å². The van der Waals surface area contributed by atoms with Crippen LogP contribution in [-0.2, 0) is 0 Å². The fraction of sp³-hybridized carbons (Fsp3) is 0.421. The number of para-hydroxylation sites is 1. The Balaban J connectivity index is 1.79. The molecule has 2 aromatic rings. The van der Waals surface area contributed by atoms with Crippen molar-refractivity contribution in [2.24, 2.45) is 5.92 Å². The van der Waals surface area contributed by atoms with E-state index in [2.05, 4.69) is 27.1 Å². The van der Waals surface area contributed by atoms with Crippen LogP contribution in [0.1, 0.15) is 41.4 Å². The van der Waals surface area contributed by atoms with E-state index in [9.17, 15) is 4.79 Å². The van der Waals surface area contributed by atoms with Crippen LogP contribution < -0.4 is 10.2 Å². The van der Waals surface area contributed by atoms with E-state index >= 15 is 0 Å². The normalized spacial score (nSPS) is 17.6. The molecule has 5 nitrogen and oxygen atoms in total. The molecule has 1 amide bonds. The van der Waals surface area contributed by atoms with Crippen LogP contribution in [0.25, 0.3) is 0 Å². The van der Waals surface area contributed by atoms with Crippen LogP contribution in [0.3, 0.4) is 0 Å². The Hall–Kier alpha value is -2.43. The van der Waals surface area contributed by atoms with Crippen molar-refractivity contribution in [1.82, 2.24) is 9.97 Å². The zero-order valence-corrected chi connectivity index (χ0v) is 14.5. The summed E-state index contributed by atoms with van der Waals surface area (Å²) in [5, 5.41) is 2.99. The summed E-state index contributed by atoms with van der Waals surface area (Å²) in [7, 11) is 0. The number of aryl methyl sites for hydroxylation is 2. The van der Waals surface area contributed by atoms with Crippen LogP contribution in [0.5, 0.6) is 0 Å². The summed E-state index contributed by atoms with van der Waals surface area (Å²) < 4.78 is 0. The number of piperidine rings is 1. The smallest absolute Gasteiger partial charge is 0.274 e. The van der Waals surface area contributed by atoms with Crippen LogP contribution in [0.2, 0.25) is 0 Å². The second kappa shape index (κ2) is 6.99. The number of carbonyl (C=O) groups excluding carboxylic acids is 1. The molecule has 1 aromatic carbocycles. The second-order valence-electron chi connectivity index (χ2n) is 6.68. The molecule has 2 heterocycles. The minimum absolute atomic E-state index is 0.193. The lowest BCUT2D eigenvalue weighted by Gasteiger charge is -2.31. The molecule has 1 N–H and O–H groups in total. The number of nitrogens with zero attached hydrogens (tertiary/aromatic N) is 3. The van der Waals surface area contributed by atoms with Crippen molar-refractivity contribution in [2.75, 3.05) is 23.3 Å². The highest BCUT2D eigenvalue weighted by Crippen LogP contribution is 2.23. The molecule has 24 heavy (non-hydrogen) atoms. The Morgan fingerprint density at radius 2 is 2.00 bits per heavy atom. The van der Waals surface area contributed by atoms with Gasteiger partial charge in [-0.2, -0.15) is 0 Å². The lowest BCUT2D eigenvalue weighted by atomic mass is 10.0. The van der Waals surface area contributed by atoms with E-state index in [1.807, 2.05) is 32.0 Å². The zero-order valence-electron chi connectivity index (χ0n) is 14.5. The average Bonchev–Trinajstić information content (AvgIpc) is 2.58. The standard InChI is InChI=1S/C19H24N4O/c1-13-6-5-9-23(11-13)17-10-16(20-12-21-17)19(24)22-18-14(2)7-4-8-15(18)3/h4,7-8,10,12-13H,5-6,9,11H2,1-3H3,(H,22,24). The maximum absolute atomic E-state index is 12.6. The number of hydrogen-bond acceptors (Lipinski definition) is 4. The van der Waals surface area contributed by atoms with E-state index in [4.69, 9.17) is 0 Å². The molecule has 1 unspecified atom stereocenters. The molecule has 1 aliphatic rings. The Morgan fingerprint density at radius 1 is 1.25 bits per heavy atom. The second-order valence-corrected chi connectivity index (χ2v) is 6.68. The molecule has 0 aliphatic carbocycles. The van der Waals surface area contributed by atoms with E-state index in [0.29, 0.717) is 11.6 Å². The van der Waals surface area contributed by atoms with E-state index in [1.165, 1.54) is 12.7 Å². The number of amides is 1. The first-order chi connectivity index (χ1) is 11.5. The molecular weight excluding hydrogens is 300 g/mol. The first kappa shape index (κ1) is 16.4. The van der Waals surface area contributed by atoms with Crippen molar-refractivity contribution in [1.29, 1.82) is 0 Å². The zero-order chi connectivity index (χ0) is 17.1. The molecule has 0 bridgehead atoms. The summed E-state index contributed by atoms with van der Waals surface area (Å²) >= 11 is 0. The molecular formula is C19H24N4O. The van der Waals surface area contributed by atoms with Crippen LogP contribution in [0.4, 0.5) is 11.5 Å². The lowest BCUT2D eigenvalue weighted by Crippen LogP contribution is -2.35. The summed E-state index contributed by atoms with van der Waals surface area (Å²) in [6.07, 6.45) is 3.89. The van der Waals surface area contributed by atoms with Gasteiger partial charge in [0.1, 0.15) is 17.8 Å². The molecule has 1 atom stereocenters. The molecule has 0 radical (unpaired) electrons. The third kappa shape index (κ3) is 3.55. The van der Waals surface area contributed by atoms with Gasteiger partial charge >= 0.3 is 0 Å². The van der Waals surface area contributed by atoms with Gasteiger partial charge in [0, 0.05) is 24.8 Å². The van der Waals surface area contributed by atoms with Gasteiger partial charge in [0.2, 0.25) is 0 Å². The van der Waals surface area contributed by atoms with Crippen LogP contribution >= 0.6 is 0 Å². The van der Waals surface area contributed by atoms with Crippen LogP contribution in [-0.4, -0.2) is 29.0 Å². The van der Waals surface area contributed by atoms with Gasteiger partial charge in [-0.1, -0.05) is 25.1 Å². The van der Waals surface area contributed by atoms with Crippen molar-refractivity contribution in [2.45, 2.75) is 33.6 Å². The van der Waals surface area contributed by atoms with E-state index in [1.54, 1.807) is 6.07 Å². The highest BCUT2D eigenvalue weighted by atomic mass is 16.1. The molecule has 3 rings (SSSR count). The number of nitrogens with one attached hydrogen (secondary N) is 1. The first-order valence-electron chi connectivity index (χ1n) is 8.49. The van der Waals surface area contributed by atoms with Crippen molar-refractivity contribution in [3.05, 3.63) is 47.4 Å². The van der Waals surface area contributed by atoms with Gasteiger partial charge in [-0.15, -0.1) is 0 Å². The van der Waals surface area contributed by atoms with Gasteiger partial charge in [0.05, 0.1) is 0 Å². The average molecular weight is 324 g/mol. The fourth-order valence-electron chi connectivity index (χ4n) is 3.23. The first-order valence-corrected chi connectivity index (χ1v) is 8.49. The minimum Gasteiger partial charge on any atom is -0.356 e. The van der Waals surface area contributed by atoms with Gasteiger partial charge in [-0.25, -0.2) is 9.97 Å². The number of benzene rings is 1. The van der Waals surface area contributed by atoms with E-state index in [-0.39, 0.29) is 5.91 Å². The molecule has 1 saturated heterocycles. The molecule has 1 aliphatic heterocycles. The summed E-state index contributed by atoms with van der Waals surface area (Å²) in [5.74, 6) is 1.30.